The summed E-state index contributed by atoms with van der Waals surface area (Å²) in [6.07, 6.45) is 1.68. The van der Waals surface area contributed by atoms with Crippen molar-refractivity contribution >= 4 is 15.9 Å². The standard InChI is InChI=1S/C10H14BrNO3/c1-13-4-5-14-8-15-10-3-2-9(6-11)12-7-10/h2-3,7H,4-6,8H2,1H3. The maximum Gasteiger partial charge on any atom is 0.189 e. The van der Waals surface area contributed by atoms with Crippen molar-refractivity contribution in [2.24, 2.45) is 0 Å². The van der Waals surface area contributed by atoms with Crippen molar-refractivity contribution < 1.29 is 14.2 Å². The van der Waals surface area contributed by atoms with E-state index in [-0.39, 0.29) is 6.79 Å². The number of pyridine rings is 1. The lowest BCUT2D eigenvalue weighted by atomic mass is 10.4. The van der Waals surface area contributed by atoms with Crippen LogP contribution in [0.5, 0.6) is 5.75 Å². The van der Waals surface area contributed by atoms with Gasteiger partial charge in [0.1, 0.15) is 5.75 Å². The largest absolute Gasteiger partial charge is 0.466 e. The first kappa shape index (κ1) is 12.4. The van der Waals surface area contributed by atoms with E-state index in [1.54, 1.807) is 13.3 Å². The highest BCUT2D eigenvalue weighted by Gasteiger charge is 1.95. The number of halogens is 1. The van der Waals surface area contributed by atoms with Gasteiger partial charge in [0.2, 0.25) is 0 Å². The van der Waals surface area contributed by atoms with Gasteiger partial charge in [0.05, 0.1) is 25.1 Å². The van der Waals surface area contributed by atoms with Crippen LogP contribution in [0.15, 0.2) is 18.3 Å². The SMILES string of the molecule is COCCOCOc1ccc(CBr)nc1. The molecule has 0 aliphatic carbocycles. The Kier molecular flexibility index (Phi) is 6.31. The molecule has 1 aromatic heterocycles. The summed E-state index contributed by atoms with van der Waals surface area (Å²) in [7, 11) is 1.63. The molecule has 0 atom stereocenters. The first-order valence-electron chi connectivity index (χ1n) is 4.57. The van der Waals surface area contributed by atoms with E-state index in [4.69, 9.17) is 14.2 Å². The molecule has 1 rings (SSSR count). The summed E-state index contributed by atoms with van der Waals surface area (Å²) in [5.41, 5.74) is 0.975. The summed E-state index contributed by atoms with van der Waals surface area (Å²) in [5, 5.41) is 0.748. The molecule has 4 nitrogen and oxygen atoms in total. The quantitative estimate of drug-likeness (QED) is 0.434. The number of hydrogen-bond donors (Lipinski definition) is 0. The Morgan fingerprint density at radius 2 is 2.20 bits per heavy atom. The van der Waals surface area contributed by atoms with Crippen molar-refractivity contribution in [1.82, 2.24) is 4.98 Å². The molecule has 0 unspecified atom stereocenters. The summed E-state index contributed by atoms with van der Waals surface area (Å²) < 4.78 is 15.3. The highest BCUT2D eigenvalue weighted by Crippen LogP contribution is 2.10. The van der Waals surface area contributed by atoms with Gasteiger partial charge >= 0.3 is 0 Å². The zero-order valence-electron chi connectivity index (χ0n) is 8.61. The highest BCUT2D eigenvalue weighted by molar-refractivity contribution is 9.08. The van der Waals surface area contributed by atoms with Crippen LogP contribution in [0.1, 0.15) is 5.69 Å². The predicted octanol–water partition coefficient (Wildman–Crippen LogP) is 1.98. The van der Waals surface area contributed by atoms with Crippen LogP contribution < -0.4 is 4.74 Å². The molecule has 0 aliphatic heterocycles. The predicted molar refractivity (Wildman–Crippen MR) is 60.2 cm³/mol. The Hall–Kier alpha value is -0.650. The number of ether oxygens (including phenoxy) is 3. The van der Waals surface area contributed by atoms with Gasteiger partial charge in [0.25, 0.3) is 0 Å². The lowest BCUT2D eigenvalue weighted by molar-refractivity contribution is -0.00863. The van der Waals surface area contributed by atoms with Gasteiger partial charge in [0.15, 0.2) is 6.79 Å². The van der Waals surface area contributed by atoms with Crippen LogP contribution in [-0.2, 0) is 14.8 Å². The second-order valence-corrected chi connectivity index (χ2v) is 3.34. The normalized spacial score (nSPS) is 10.3. The molecule has 0 saturated heterocycles. The number of aromatic nitrogens is 1. The van der Waals surface area contributed by atoms with E-state index in [2.05, 4.69) is 20.9 Å². The lowest BCUT2D eigenvalue weighted by Crippen LogP contribution is -2.07. The zero-order chi connectivity index (χ0) is 10.9. The molecule has 0 amide bonds. The van der Waals surface area contributed by atoms with Crippen LogP contribution in [0, 0.1) is 0 Å². The summed E-state index contributed by atoms with van der Waals surface area (Å²) in [6.45, 7) is 1.33. The van der Waals surface area contributed by atoms with Crippen molar-refractivity contribution in [3.8, 4) is 5.75 Å². The minimum atomic E-state index is 0.221. The molecule has 0 N–H and O–H groups in total. The minimum Gasteiger partial charge on any atom is -0.466 e. The molecule has 5 heteroatoms. The summed E-state index contributed by atoms with van der Waals surface area (Å²) in [5.74, 6) is 0.706. The zero-order valence-corrected chi connectivity index (χ0v) is 10.2. The molecule has 15 heavy (non-hydrogen) atoms. The molecule has 0 aromatic carbocycles. The van der Waals surface area contributed by atoms with Gasteiger partial charge in [-0.05, 0) is 12.1 Å². The summed E-state index contributed by atoms with van der Waals surface area (Å²) in [4.78, 5) is 4.16. The van der Waals surface area contributed by atoms with Gasteiger partial charge in [-0.1, -0.05) is 15.9 Å². The number of alkyl halides is 1. The van der Waals surface area contributed by atoms with Gasteiger partial charge in [-0.15, -0.1) is 0 Å². The topological polar surface area (TPSA) is 40.6 Å². The summed E-state index contributed by atoms with van der Waals surface area (Å²) in [6, 6.07) is 3.77. The number of hydrogen-bond acceptors (Lipinski definition) is 4. The second kappa shape index (κ2) is 7.62. The molecule has 0 radical (unpaired) electrons. The van der Waals surface area contributed by atoms with E-state index in [0.717, 1.165) is 11.0 Å². The van der Waals surface area contributed by atoms with E-state index in [1.807, 2.05) is 12.1 Å². The maximum absolute atomic E-state index is 5.30. The van der Waals surface area contributed by atoms with Crippen molar-refractivity contribution in [3.05, 3.63) is 24.0 Å². The molecular formula is C10H14BrNO3. The van der Waals surface area contributed by atoms with E-state index in [9.17, 15) is 0 Å². The first-order chi connectivity index (χ1) is 7.36. The Labute approximate surface area is 97.7 Å². The smallest absolute Gasteiger partial charge is 0.189 e. The molecule has 0 fully saturated rings. The minimum absolute atomic E-state index is 0.221. The van der Waals surface area contributed by atoms with Gasteiger partial charge in [-0.25, -0.2) is 0 Å². The van der Waals surface area contributed by atoms with E-state index < -0.39 is 0 Å². The van der Waals surface area contributed by atoms with Crippen LogP contribution in [-0.4, -0.2) is 32.1 Å². The van der Waals surface area contributed by atoms with E-state index in [0.29, 0.717) is 19.0 Å². The molecule has 0 spiro atoms. The van der Waals surface area contributed by atoms with Crippen molar-refractivity contribution in [2.45, 2.75) is 5.33 Å². The van der Waals surface area contributed by atoms with Gasteiger partial charge in [-0.3, -0.25) is 4.98 Å². The Balaban J connectivity index is 2.20. The molecule has 0 saturated carbocycles. The monoisotopic (exact) mass is 275 g/mol. The fraction of sp³-hybridized carbons (Fsp3) is 0.500. The molecule has 1 aromatic rings. The Bertz CT molecular complexity index is 266. The maximum atomic E-state index is 5.30. The number of rotatable bonds is 7. The first-order valence-corrected chi connectivity index (χ1v) is 5.69. The van der Waals surface area contributed by atoms with E-state index >= 15 is 0 Å². The van der Waals surface area contributed by atoms with Crippen molar-refractivity contribution in [1.29, 1.82) is 0 Å². The van der Waals surface area contributed by atoms with E-state index in [1.165, 1.54) is 0 Å². The van der Waals surface area contributed by atoms with Crippen molar-refractivity contribution in [2.75, 3.05) is 27.1 Å². The van der Waals surface area contributed by atoms with Crippen LogP contribution in [0.25, 0.3) is 0 Å². The van der Waals surface area contributed by atoms with Crippen LogP contribution in [0.3, 0.4) is 0 Å². The van der Waals surface area contributed by atoms with Crippen molar-refractivity contribution in [3.63, 3.8) is 0 Å². The van der Waals surface area contributed by atoms with Gasteiger partial charge < -0.3 is 14.2 Å². The average Bonchev–Trinajstić information content (AvgIpc) is 2.30. The fourth-order valence-electron chi connectivity index (χ4n) is 0.886. The van der Waals surface area contributed by atoms with Gasteiger partial charge in [-0.2, -0.15) is 0 Å². The number of methoxy groups -OCH3 is 1. The second-order valence-electron chi connectivity index (χ2n) is 2.78. The van der Waals surface area contributed by atoms with Crippen LogP contribution in [0.4, 0.5) is 0 Å². The molecule has 1 heterocycles. The molecule has 0 aliphatic rings. The Morgan fingerprint density at radius 3 is 2.80 bits per heavy atom. The highest BCUT2D eigenvalue weighted by atomic mass is 79.9. The molecular weight excluding hydrogens is 262 g/mol. The summed E-state index contributed by atoms with van der Waals surface area (Å²) >= 11 is 3.32. The number of nitrogens with zero attached hydrogens (tertiary/aromatic N) is 1. The fourth-order valence-corrected chi connectivity index (χ4v) is 1.22. The molecule has 0 bridgehead atoms. The van der Waals surface area contributed by atoms with Gasteiger partial charge in [0, 0.05) is 12.4 Å². The molecule has 84 valence electrons. The lowest BCUT2D eigenvalue weighted by Gasteiger charge is -2.06. The third-order valence-electron chi connectivity index (χ3n) is 1.68. The third-order valence-corrected chi connectivity index (χ3v) is 2.25. The third kappa shape index (κ3) is 5.11. The van der Waals surface area contributed by atoms with Crippen LogP contribution in [0.2, 0.25) is 0 Å². The average molecular weight is 276 g/mol. The van der Waals surface area contributed by atoms with Crippen LogP contribution >= 0.6 is 15.9 Å². The Morgan fingerprint density at radius 1 is 1.33 bits per heavy atom.